The molecule has 0 atom stereocenters. The van der Waals surface area contributed by atoms with Gasteiger partial charge in [-0.25, -0.2) is 4.68 Å². The lowest BCUT2D eigenvalue weighted by Gasteiger charge is -2.18. The van der Waals surface area contributed by atoms with Crippen LogP contribution in [0.4, 0.5) is 13.2 Å². The van der Waals surface area contributed by atoms with E-state index in [1.807, 2.05) is 19.9 Å². The molecule has 2 aromatic rings. The highest BCUT2D eigenvalue weighted by Crippen LogP contribution is 2.34. The Hall–Kier alpha value is -1.82. The number of alkyl halides is 3. The minimum absolute atomic E-state index is 0.247. The molecule has 1 aliphatic rings. The second-order valence-corrected chi connectivity index (χ2v) is 6.54. The van der Waals surface area contributed by atoms with Crippen molar-refractivity contribution in [2.24, 2.45) is 0 Å². The summed E-state index contributed by atoms with van der Waals surface area (Å²) in [5, 5.41) is 7.54. The van der Waals surface area contributed by atoms with Crippen LogP contribution in [0.15, 0.2) is 24.3 Å². The normalized spacial score (nSPS) is 16.0. The molecule has 0 spiro atoms. The second-order valence-electron chi connectivity index (χ2n) is 6.54. The first kappa shape index (κ1) is 17.0. The van der Waals surface area contributed by atoms with Gasteiger partial charge >= 0.3 is 6.18 Å². The number of benzene rings is 1. The second kappa shape index (κ2) is 6.59. The minimum atomic E-state index is -4.38. The molecule has 3 nitrogen and oxygen atoms in total. The molecule has 130 valence electrons. The third-order valence-electron chi connectivity index (χ3n) is 4.59. The quantitative estimate of drug-likeness (QED) is 0.888. The van der Waals surface area contributed by atoms with Crippen molar-refractivity contribution < 1.29 is 13.2 Å². The van der Waals surface area contributed by atoms with Crippen molar-refractivity contribution >= 4 is 0 Å². The van der Waals surface area contributed by atoms with Crippen LogP contribution in [0, 0.1) is 13.8 Å². The van der Waals surface area contributed by atoms with E-state index in [4.69, 9.17) is 0 Å². The third-order valence-corrected chi connectivity index (χ3v) is 4.59. The lowest BCUT2D eigenvalue weighted by molar-refractivity contribution is -0.138. The number of nitrogens with one attached hydrogen (secondary N) is 1. The zero-order valence-electron chi connectivity index (χ0n) is 14.0. The molecule has 1 N–H and O–H groups in total. The molecule has 24 heavy (non-hydrogen) atoms. The number of hydrogen-bond acceptors (Lipinski definition) is 2. The summed E-state index contributed by atoms with van der Waals surface area (Å²) in [5.74, 6) is 0. The van der Waals surface area contributed by atoms with Crippen LogP contribution >= 0.6 is 0 Å². The van der Waals surface area contributed by atoms with Crippen LogP contribution in [0.5, 0.6) is 0 Å². The molecule has 1 fully saturated rings. The zero-order chi connectivity index (χ0) is 17.3. The van der Waals surface area contributed by atoms with Crippen LogP contribution in [0.1, 0.15) is 48.2 Å². The average Bonchev–Trinajstić information content (AvgIpc) is 3.13. The number of aromatic nitrogens is 2. The van der Waals surface area contributed by atoms with Crippen molar-refractivity contribution in [2.75, 3.05) is 0 Å². The smallest absolute Gasteiger partial charge is 0.310 e. The van der Waals surface area contributed by atoms with Gasteiger partial charge in [0.05, 0.1) is 16.9 Å². The molecule has 0 radical (unpaired) electrons. The molecule has 0 unspecified atom stereocenters. The molecule has 3 rings (SSSR count). The average molecular weight is 337 g/mol. The van der Waals surface area contributed by atoms with Gasteiger partial charge in [-0.15, -0.1) is 0 Å². The topological polar surface area (TPSA) is 29.9 Å². The van der Waals surface area contributed by atoms with Gasteiger partial charge in [-0.1, -0.05) is 18.9 Å². The molecule has 6 heteroatoms. The van der Waals surface area contributed by atoms with Crippen molar-refractivity contribution in [1.29, 1.82) is 0 Å². The predicted molar refractivity (Wildman–Crippen MR) is 87.1 cm³/mol. The highest BCUT2D eigenvalue weighted by molar-refractivity contribution is 5.43. The van der Waals surface area contributed by atoms with E-state index in [1.54, 1.807) is 16.8 Å². The zero-order valence-corrected chi connectivity index (χ0v) is 14.0. The molecule has 1 aromatic heterocycles. The summed E-state index contributed by atoms with van der Waals surface area (Å²) in [4.78, 5) is 0. The SMILES string of the molecule is Cc1cc(C)n(-c2ccc(CNC3CCCC3)c(C(F)(F)F)c2)n1. The van der Waals surface area contributed by atoms with Gasteiger partial charge in [-0.2, -0.15) is 18.3 Å². The van der Waals surface area contributed by atoms with E-state index < -0.39 is 11.7 Å². The van der Waals surface area contributed by atoms with Crippen molar-refractivity contribution in [2.45, 2.75) is 58.3 Å². The van der Waals surface area contributed by atoms with Crippen LogP contribution in [-0.4, -0.2) is 15.8 Å². The van der Waals surface area contributed by atoms with E-state index in [-0.39, 0.29) is 6.54 Å². The summed E-state index contributed by atoms with van der Waals surface area (Å²) in [6, 6.07) is 6.66. The van der Waals surface area contributed by atoms with E-state index in [0.717, 1.165) is 37.1 Å². The van der Waals surface area contributed by atoms with Gasteiger partial charge < -0.3 is 5.32 Å². The summed E-state index contributed by atoms with van der Waals surface area (Å²) in [6.07, 6.45) is 0.0243. The molecule has 0 saturated heterocycles. The Kier molecular flexibility index (Phi) is 4.67. The van der Waals surface area contributed by atoms with E-state index in [1.165, 1.54) is 6.07 Å². The maximum atomic E-state index is 13.5. The Labute approximate surface area is 139 Å². The summed E-state index contributed by atoms with van der Waals surface area (Å²) in [6.45, 7) is 3.91. The largest absolute Gasteiger partial charge is 0.416 e. The van der Waals surface area contributed by atoms with Gasteiger partial charge in [0.1, 0.15) is 0 Å². The molecule has 1 aromatic carbocycles. The number of aryl methyl sites for hydroxylation is 2. The van der Waals surface area contributed by atoms with Crippen molar-refractivity contribution in [1.82, 2.24) is 15.1 Å². The van der Waals surface area contributed by atoms with E-state index in [2.05, 4.69) is 10.4 Å². The van der Waals surface area contributed by atoms with E-state index >= 15 is 0 Å². The fourth-order valence-corrected chi connectivity index (χ4v) is 3.39. The van der Waals surface area contributed by atoms with Crippen LogP contribution < -0.4 is 5.32 Å². The number of nitrogens with zero attached hydrogens (tertiary/aromatic N) is 2. The third kappa shape index (κ3) is 3.64. The first-order valence-corrected chi connectivity index (χ1v) is 8.32. The molecular weight excluding hydrogens is 315 g/mol. The molecule has 1 aliphatic carbocycles. The first-order chi connectivity index (χ1) is 11.3. The van der Waals surface area contributed by atoms with Crippen LogP contribution in [0.2, 0.25) is 0 Å². The Morgan fingerprint density at radius 3 is 2.46 bits per heavy atom. The molecule has 0 amide bonds. The Morgan fingerprint density at radius 2 is 1.88 bits per heavy atom. The summed E-state index contributed by atoms with van der Waals surface area (Å²) >= 11 is 0. The molecular formula is C18H22F3N3. The van der Waals surface area contributed by atoms with E-state index in [0.29, 0.717) is 17.3 Å². The number of hydrogen-bond donors (Lipinski definition) is 1. The fourth-order valence-electron chi connectivity index (χ4n) is 3.39. The van der Waals surface area contributed by atoms with Gasteiger partial charge in [-0.3, -0.25) is 0 Å². The van der Waals surface area contributed by atoms with Crippen molar-refractivity contribution in [3.05, 3.63) is 46.8 Å². The Balaban J connectivity index is 1.90. The van der Waals surface area contributed by atoms with Crippen LogP contribution in [0.25, 0.3) is 5.69 Å². The minimum Gasteiger partial charge on any atom is -0.310 e. The summed E-state index contributed by atoms with van der Waals surface area (Å²) in [7, 11) is 0. The predicted octanol–water partition coefficient (Wildman–Crippen LogP) is 4.54. The van der Waals surface area contributed by atoms with Gasteiger partial charge in [0.25, 0.3) is 0 Å². The standard InChI is InChI=1S/C18H22F3N3/c1-12-9-13(2)24(23-12)16-8-7-14(17(10-16)18(19,20)21)11-22-15-5-3-4-6-15/h7-10,15,22H,3-6,11H2,1-2H3. The summed E-state index contributed by atoms with van der Waals surface area (Å²) < 4.78 is 42.0. The van der Waals surface area contributed by atoms with Gasteiger partial charge in [0.15, 0.2) is 0 Å². The number of halogens is 3. The highest BCUT2D eigenvalue weighted by Gasteiger charge is 2.34. The van der Waals surface area contributed by atoms with Gasteiger partial charge in [0, 0.05) is 18.3 Å². The monoisotopic (exact) mass is 337 g/mol. The van der Waals surface area contributed by atoms with E-state index in [9.17, 15) is 13.2 Å². The van der Waals surface area contributed by atoms with Gasteiger partial charge in [0.2, 0.25) is 0 Å². The lowest BCUT2D eigenvalue weighted by atomic mass is 10.1. The highest BCUT2D eigenvalue weighted by atomic mass is 19.4. The fraction of sp³-hybridized carbons (Fsp3) is 0.500. The number of rotatable bonds is 4. The van der Waals surface area contributed by atoms with Crippen LogP contribution in [-0.2, 0) is 12.7 Å². The molecule has 0 aliphatic heterocycles. The Bertz CT molecular complexity index is 713. The lowest BCUT2D eigenvalue weighted by Crippen LogP contribution is -2.26. The van der Waals surface area contributed by atoms with Crippen molar-refractivity contribution in [3.63, 3.8) is 0 Å². The first-order valence-electron chi connectivity index (χ1n) is 8.32. The molecule has 0 bridgehead atoms. The molecule has 1 saturated carbocycles. The maximum Gasteiger partial charge on any atom is 0.416 e. The summed E-state index contributed by atoms with van der Waals surface area (Å²) in [5.41, 5.74) is 1.75. The van der Waals surface area contributed by atoms with Crippen LogP contribution in [0.3, 0.4) is 0 Å². The maximum absolute atomic E-state index is 13.5. The molecule has 1 heterocycles. The van der Waals surface area contributed by atoms with Crippen molar-refractivity contribution in [3.8, 4) is 5.69 Å². The van der Waals surface area contributed by atoms with Gasteiger partial charge in [-0.05, 0) is 50.5 Å². The Morgan fingerprint density at radius 1 is 1.17 bits per heavy atom.